The standard InChI is InChI=1S/C17H19N5O2/c1-21-16(23)8-7-15(20-21)17(24)18-11-13-5-2-3-6-14(13)12-22-10-4-9-19-22/h2-6,9-10H,7-8,11-12H2,1H3,(H,18,24). The first-order valence-electron chi connectivity index (χ1n) is 7.80. The van der Waals surface area contributed by atoms with Crippen LogP contribution in [0.4, 0.5) is 0 Å². The third kappa shape index (κ3) is 3.68. The molecule has 0 saturated carbocycles. The zero-order chi connectivity index (χ0) is 16.9. The Morgan fingerprint density at radius 3 is 2.71 bits per heavy atom. The van der Waals surface area contributed by atoms with Crippen molar-refractivity contribution >= 4 is 17.5 Å². The number of hydrazone groups is 1. The molecule has 2 heterocycles. The van der Waals surface area contributed by atoms with Gasteiger partial charge >= 0.3 is 0 Å². The Balaban J connectivity index is 1.65. The Morgan fingerprint density at radius 2 is 2.00 bits per heavy atom. The molecule has 2 amide bonds. The number of carbonyl (C=O) groups excluding carboxylic acids is 2. The highest BCUT2D eigenvalue weighted by molar-refractivity contribution is 6.39. The Hall–Kier alpha value is -2.96. The zero-order valence-corrected chi connectivity index (χ0v) is 13.5. The van der Waals surface area contributed by atoms with E-state index in [-0.39, 0.29) is 11.8 Å². The molecule has 7 nitrogen and oxygen atoms in total. The van der Waals surface area contributed by atoms with E-state index >= 15 is 0 Å². The van der Waals surface area contributed by atoms with Crippen LogP contribution in [-0.4, -0.2) is 39.4 Å². The van der Waals surface area contributed by atoms with Gasteiger partial charge in [-0.05, 0) is 17.2 Å². The summed E-state index contributed by atoms with van der Waals surface area (Å²) in [6, 6.07) is 9.79. The first kappa shape index (κ1) is 15.9. The molecule has 3 rings (SSSR count). The molecular formula is C17H19N5O2. The number of aromatic nitrogens is 2. The molecule has 1 N–H and O–H groups in total. The normalized spacial score (nSPS) is 14.5. The van der Waals surface area contributed by atoms with Crippen molar-refractivity contribution in [2.24, 2.45) is 5.10 Å². The van der Waals surface area contributed by atoms with E-state index in [9.17, 15) is 9.59 Å². The second-order valence-corrected chi connectivity index (χ2v) is 5.62. The molecule has 0 fully saturated rings. The molecule has 0 radical (unpaired) electrons. The molecule has 124 valence electrons. The predicted octanol–water partition coefficient (Wildman–Crippen LogP) is 1.16. The SMILES string of the molecule is CN1N=C(C(=O)NCc2ccccc2Cn2cccn2)CCC1=O. The van der Waals surface area contributed by atoms with Crippen molar-refractivity contribution in [3.05, 3.63) is 53.9 Å². The van der Waals surface area contributed by atoms with Crippen LogP contribution in [0.5, 0.6) is 0 Å². The summed E-state index contributed by atoms with van der Waals surface area (Å²) in [5.41, 5.74) is 2.52. The fourth-order valence-electron chi connectivity index (χ4n) is 2.56. The molecule has 2 aromatic rings. The zero-order valence-electron chi connectivity index (χ0n) is 13.5. The van der Waals surface area contributed by atoms with Crippen molar-refractivity contribution in [3.8, 4) is 0 Å². The van der Waals surface area contributed by atoms with Gasteiger partial charge in [0.1, 0.15) is 5.71 Å². The number of hydrogen-bond donors (Lipinski definition) is 1. The lowest BCUT2D eigenvalue weighted by Crippen LogP contribution is -2.37. The molecule has 0 atom stereocenters. The number of benzene rings is 1. The van der Waals surface area contributed by atoms with Crippen molar-refractivity contribution in [1.29, 1.82) is 0 Å². The van der Waals surface area contributed by atoms with Crippen molar-refractivity contribution in [2.45, 2.75) is 25.9 Å². The van der Waals surface area contributed by atoms with Crippen LogP contribution in [-0.2, 0) is 22.7 Å². The highest BCUT2D eigenvalue weighted by Crippen LogP contribution is 2.11. The van der Waals surface area contributed by atoms with Crippen LogP contribution >= 0.6 is 0 Å². The van der Waals surface area contributed by atoms with Gasteiger partial charge in [0, 0.05) is 38.8 Å². The molecule has 0 bridgehead atoms. The highest BCUT2D eigenvalue weighted by Gasteiger charge is 2.21. The van der Waals surface area contributed by atoms with Crippen LogP contribution in [0, 0.1) is 0 Å². The first-order valence-corrected chi connectivity index (χ1v) is 7.80. The summed E-state index contributed by atoms with van der Waals surface area (Å²) in [6.07, 6.45) is 4.34. The van der Waals surface area contributed by atoms with Crippen molar-refractivity contribution in [2.75, 3.05) is 7.05 Å². The summed E-state index contributed by atoms with van der Waals surface area (Å²) in [5, 5.41) is 12.4. The molecule has 0 aliphatic carbocycles. The number of carbonyl (C=O) groups is 2. The lowest BCUT2D eigenvalue weighted by molar-refractivity contribution is -0.130. The summed E-state index contributed by atoms with van der Waals surface area (Å²) in [5.74, 6) is -0.306. The van der Waals surface area contributed by atoms with Crippen molar-refractivity contribution < 1.29 is 9.59 Å². The number of amides is 2. The molecule has 1 aromatic carbocycles. The molecule has 24 heavy (non-hydrogen) atoms. The Morgan fingerprint density at radius 1 is 1.21 bits per heavy atom. The minimum absolute atomic E-state index is 0.0730. The van der Waals surface area contributed by atoms with Gasteiger partial charge < -0.3 is 5.32 Å². The monoisotopic (exact) mass is 325 g/mol. The molecule has 1 aliphatic heterocycles. The van der Waals surface area contributed by atoms with Crippen molar-refractivity contribution in [1.82, 2.24) is 20.1 Å². The van der Waals surface area contributed by atoms with E-state index in [0.29, 0.717) is 31.6 Å². The minimum Gasteiger partial charge on any atom is -0.347 e. The predicted molar refractivity (Wildman–Crippen MR) is 89.1 cm³/mol. The van der Waals surface area contributed by atoms with E-state index in [4.69, 9.17) is 0 Å². The van der Waals surface area contributed by atoms with Gasteiger partial charge in [-0.2, -0.15) is 10.2 Å². The summed E-state index contributed by atoms with van der Waals surface area (Å²) < 4.78 is 1.84. The Labute approximate surface area is 140 Å². The van der Waals surface area contributed by atoms with Gasteiger partial charge in [-0.15, -0.1) is 0 Å². The average molecular weight is 325 g/mol. The van der Waals surface area contributed by atoms with Crippen LogP contribution in [0.3, 0.4) is 0 Å². The van der Waals surface area contributed by atoms with E-state index < -0.39 is 0 Å². The fraction of sp³-hybridized carbons (Fsp3) is 0.294. The van der Waals surface area contributed by atoms with Crippen LogP contribution in [0.15, 0.2) is 47.8 Å². The van der Waals surface area contributed by atoms with Gasteiger partial charge in [-0.1, -0.05) is 24.3 Å². The number of hydrogen-bond acceptors (Lipinski definition) is 4. The summed E-state index contributed by atoms with van der Waals surface area (Å²) >= 11 is 0. The molecule has 7 heteroatoms. The number of nitrogens with one attached hydrogen (secondary N) is 1. The molecule has 0 spiro atoms. The lowest BCUT2D eigenvalue weighted by atomic mass is 10.1. The van der Waals surface area contributed by atoms with Gasteiger partial charge in [-0.25, -0.2) is 5.01 Å². The maximum absolute atomic E-state index is 12.3. The summed E-state index contributed by atoms with van der Waals surface area (Å²) in [4.78, 5) is 23.7. The molecular weight excluding hydrogens is 306 g/mol. The molecule has 1 aromatic heterocycles. The molecule has 1 aliphatic rings. The Bertz CT molecular complexity index is 767. The molecule has 0 unspecified atom stereocenters. The second-order valence-electron chi connectivity index (χ2n) is 5.62. The minimum atomic E-state index is -0.233. The first-order chi connectivity index (χ1) is 11.6. The van der Waals surface area contributed by atoms with Crippen molar-refractivity contribution in [3.63, 3.8) is 0 Å². The summed E-state index contributed by atoms with van der Waals surface area (Å²) in [7, 11) is 1.56. The average Bonchev–Trinajstić information content (AvgIpc) is 3.09. The van der Waals surface area contributed by atoms with Crippen LogP contribution in [0.1, 0.15) is 24.0 Å². The van der Waals surface area contributed by atoms with E-state index in [2.05, 4.69) is 15.5 Å². The maximum atomic E-state index is 12.3. The number of rotatable bonds is 5. The van der Waals surface area contributed by atoms with Crippen LogP contribution in [0.25, 0.3) is 0 Å². The van der Waals surface area contributed by atoms with E-state index in [1.54, 1.807) is 13.2 Å². The largest absolute Gasteiger partial charge is 0.347 e. The van der Waals surface area contributed by atoms with Gasteiger partial charge in [0.25, 0.3) is 5.91 Å². The topological polar surface area (TPSA) is 79.6 Å². The third-order valence-corrected chi connectivity index (χ3v) is 3.92. The van der Waals surface area contributed by atoms with E-state index in [0.717, 1.165) is 11.1 Å². The lowest BCUT2D eigenvalue weighted by Gasteiger charge is -2.19. The maximum Gasteiger partial charge on any atom is 0.267 e. The van der Waals surface area contributed by atoms with E-state index in [1.165, 1.54) is 5.01 Å². The van der Waals surface area contributed by atoms with Crippen LogP contribution < -0.4 is 5.32 Å². The van der Waals surface area contributed by atoms with Crippen LogP contribution in [0.2, 0.25) is 0 Å². The Kier molecular flexibility index (Phi) is 4.69. The second kappa shape index (κ2) is 7.08. The third-order valence-electron chi connectivity index (χ3n) is 3.92. The highest BCUT2D eigenvalue weighted by atomic mass is 16.2. The molecule has 0 saturated heterocycles. The van der Waals surface area contributed by atoms with E-state index in [1.807, 2.05) is 41.2 Å². The number of nitrogens with zero attached hydrogens (tertiary/aromatic N) is 4. The fourth-order valence-corrected chi connectivity index (χ4v) is 2.56. The quantitative estimate of drug-likeness (QED) is 0.896. The van der Waals surface area contributed by atoms with Gasteiger partial charge in [-0.3, -0.25) is 14.3 Å². The summed E-state index contributed by atoms with van der Waals surface area (Å²) in [6.45, 7) is 1.06. The smallest absolute Gasteiger partial charge is 0.267 e. The van der Waals surface area contributed by atoms with Gasteiger partial charge in [0.2, 0.25) is 5.91 Å². The van der Waals surface area contributed by atoms with Gasteiger partial charge in [0.05, 0.1) is 6.54 Å². The van der Waals surface area contributed by atoms with Gasteiger partial charge in [0.15, 0.2) is 0 Å².